The van der Waals surface area contributed by atoms with Crippen molar-refractivity contribution in [3.63, 3.8) is 0 Å². The number of nitrogens with zero attached hydrogens (tertiary/aromatic N) is 1. The number of carbonyl (C=O) groups excluding carboxylic acids is 1. The fourth-order valence-electron chi connectivity index (χ4n) is 1.10. The molecule has 0 saturated carbocycles. The molecule has 0 aromatic carbocycles. The van der Waals surface area contributed by atoms with Gasteiger partial charge in [0.1, 0.15) is 4.60 Å². The maximum absolute atomic E-state index is 11.7. The lowest BCUT2D eigenvalue weighted by Crippen LogP contribution is -2.37. The van der Waals surface area contributed by atoms with E-state index in [4.69, 9.17) is 5.11 Å². The van der Waals surface area contributed by atoms with Crippen molar-refractivity contribution in [2.75, 3.05) is 6.61 Å². The quantitative estimate of drug-likeness (QED) is 0.814. The Hall–Kier alpha value is -0.940. The van der Waals surface area contributed by atoms with E-state index in [1.807, 2.05) is 6.92 Å². The standard InChI is InChI=1S/C10H13BrN2O2/c1-2-7(6-14)13-10(15)8-4-3-5-12-9(8)11/h3-5,7,14H,2,6H2,1H3,(H,13,15)/t7-/m1/s1. The molecule has 0 aliphatic heterocycles. The fourth-order valence-corrected chi connectivity index (χ4v) is 1.53. The van der Waals surface area contributed by atoms with Gasteiger partial charge in [0.25, 0.3) is 5.91 Å². The summed E-state index contributed by atoms with van der Waals surface area (Å²) in [5.41, 5.74) is 0.476. The maximum Gasteiger partial charge on any atom is 0.254 e. The van der Waals surface area contributed by atoms with Crippen molar-refractivity contribution < 1.29 is 9.90 Å². The summed E-state index contributed by atoms with van der Waals surface area (Å²) in [6, 6.07) is 3.17. The predicted octanol–water partition coefficient (Wildman–Crippen LogP) is 1.34. The Morgan fingerprint density at radius 1 is 1.73 bits per heavy atom. The van der Waals surface area contributed by atoms with Crippen LogP contribution in [0.5, 0.6) is 0 Å². The van der Waals surface area contributed by atoms with Gasteiger partial charge in [0, 0.05) is 6.20 Å². The molecule has 0 aliphatic rings. The average molecular weight is 273 g/mol. The van der Waals surface area contributed by atoms with Gasteiger partial charge in [-0.3, -0.25) is 4.79 Å². The Labute approximate surface area is 96.8 Å². The summed E-state index contributed by atoms with van der Waals surface area (Å²) in [5.74, 6) is -0.226. The second kappa shape index (κ2) is 5.82. The molecule has 4 nitrogen and oxygen atoms in total. The molecule has 15 heavy (non-hydrogen) atoms. The molecule has 5 heteroatoms. The minimum absolute atomic E-state index is 0.0554. The average Bonchev–Trinajstić information content (AvgIpc) is 2.26. The second-order valence-electron chi connectivity index (χ2n) is 3.10. The summed E-state index contributed by atoms with van der Waals surface area (Å²) in [5, 5.41) is 11.7. The van der Waals surface area contributed by atoms with Gasteiger partial charge >= 0.3 is 0 Å². The minimum Gasteiger partial charge on any atom is -0.394 e. The SMILES string of the molecule is CC[C@H](CO)NC(=O)c1cccnc1Br. The van der Waals surface area contributed by atoms with E-state index in [-0.39, 0.29) is 18.6 Å². The van der Waals surface area contributed by atoms with Crippen LogP contribution in [0, 0.1) is 0 Å². The van der Waals surface area contributed by atoms with Crippen molar-refractivity contribution in [1.82, 2.24) is 10.3 Å². The highest BCUT2D eigenvalue weighted by atomic mass is 79.9. The highest BCUT2D eigenvalue weighted by Crippen LogP contribution is 2.12. The molecule has 1 amide bonds. The van der Waals surface area contributed by atoms with Crippen LogP contribution in [0.2, 0.25) is 0 Å². The van der Waals surface area contributed by atoms with Crippen LogP contribution in [0.25, 0.3) is 0 Å². The number of hydrogen-bond acceptors (Lipinski definition) is 3. The van der Waals surface area contributed by atoms with Gasteiger partial charge < -0.3 is 10.4 Å². The molecule has 0 aliphatic carbocycles. The van der Waals surface area contributed by atoms with Gasteiger partial charge in [-0.05, 0) is 34.5 Å². The van der Waals surface area contributed by atoms with Crippen molar-refractivity contribution in [2.45, 2.75) is 19.4 Å². The van der Waals surface area contributed by atoms with Crippen LogP contribution in [-0.2, 0) is 0 Å². The number of nitrogens with one attached hydrogen (secondary N) is 1. The van der Waals surface area contributed by atoms with Crippen molar-refractivity contribution >= 4 is 21.8 Å². The molecule has 1 rings (SSSR count). The predicted molar refractivity (Wildman–Crippen MR) is 60.6 cm³/mol. The van der Waals surface area contributed by atoms with E-state index in [2.05, 4.69) is 26.2 Å². The van der Waals surface area contributed by atoms with Gasteiger partial charge in [-0.2, -0.15) is 0 Å². The Morgan fingerprint density at radius 3 is 3.00 bits per heavy atom. The molecule has 0 fully saturated rings. The maximum atomic E-state index is 11.7. The molecule has 82 valence electrons. The number of carbonyl (C=O) groups is 1. The number of aromatic nitrogens is 1. The Balaban J connectivity index is 2.73. The highest BCUT2D eigenvalue weighted by Gasteiger charge is 2.13. The van der Waals surface area contributed by atoms with Gasteiger partial charge in [0.05, 0.1) is 18.2 Å². The van der Waals surface area contributed by atoms with Crippen molar-refractivity contribution in [2.24, 2.45) is 0 Å². The van der Waals surface area contributed by atoms with Crippen molar-refractivity contribution in [3.8, 4) is 0 Å². The van der Waals surface area contributed by atoms with E-state index < -0.39 is 0 Å². The molecular formula is C10H13BrN2O2. The van der Waals surface area contributed by atoms with Crippen molar-refractivity contribution in [3.05, 3.63) is 28.5 Å². The zero-order valence-electron chi connectivity index (χ0n) is 8.40. The minimum atomic E-state index is -0.226. The lowest BCUT2D eigenvalue weighted by atomic mass is 10.2. The van der Waals surface area contributed by atoms with Crippen LogP contribution in [-0.4, -0.2) is 28.6 Å². The van der Waals surface area contributed by atoms with Crippen LogP contribution in [0.1, 0.15) is 23.7 Å². The molecule has 0 radical (unpaired) electrons. The molecule has 0 unspecified atom stereocenters. The molecule has 1 aromatic heterocycles. The third-order valence-corrected chi connectivity index (χ3v) is 2.68. The molecular weight excluding hydrogens is 260 g/mol. The molecule has 1 aromatic rings. The molecule has 0 bridgehead atoms. The Kier molecular flexibility index (Phi) is 4.71. The third kappa shape index (κ3) is 3.28. The molecule has 2 N–H and O–H groups in total. The third-order valence-electron chi connectivity index (χ3n) is 2.05. The number of rotatable bonds is 4. The topological polar surface area (TPSA) is 62.2 Å². The molecule has 1 atom stereocenters. The van der Waals surface area contributed by atoms with Gasteiger partial charge in [0.2, 0.25) is 0 Å². The first-order chi connectivity index (χ1) is 7.19. The monoisotopic (exact) mass is 272 g/mol. The molecule has 0 saturated heterocycles. The lowest BCUT2D eigenvalue weighted by molar-refractivity contribution is 0.0913. The normalized spacial score (nSPS) is 12.2. The highest BCUT2D eigenvalue weighted by molar-refractivity contribution is 9.10. The number of halogens is 1. The Bertz CT molecular complexity index is 340. The van der Waals surface area contributed by atoms with E-state index in [1.165, 1.54) is 0 Å². The lowest BCUT2D eigenvalue weighted by Gasteiger charge is -2.14. The second-order valence-corrected chi connectivity index (χ2v) is 3.85. The number of aliphatic hydroxyl groups excluding tert-OH is 1. The number of hydrogen-bond donors (Lipinski definition) is 2. The van der Waals surface area contributed by atoms with Gasteiger partial charge in [-0.1, -0.05) is 6.92 Å². The first-order valence-corrected chi connectivity index (χ1v) is 5.50. The van der Waals surface area contributed by atoms with Crippen LogP contribution in [0.4, 0.5) is 0 Å². The van der Waals surface area contributed by atoms with Gasteiger partial charge in [0.15, 0.2) is 0 Å². The van der Waals surface area contributed by atoms with E-state index in [9.17, 15) is 4.79 Å². The summed E-state index contributed by atoms with van der Waals surface area (Å²) < 4.78 is 0.510. The van der Waals surface area contributed by atoms with Gasteiger partial charge in [-0.25, -0.2) is 4.98 Å². The van der Waals surface area contributed by atoms with E-state index in [0.29, 0.717) is 16.6 Å². The number of aliphatic hydroxyl groups is 1. The summed E-state index contributed by atoms with van der Waals surface area (Å²) in [7, 11) is 0. The van der Waals surface area contributed by atoms with E-state index in [0.717, 1.165) is 0 Å². The van der Waals surface area contributed by atoms with Gasteiger partial charge in [-0.15, -0.1) is 0 Å². The zero-order valence-corrected chi connectivity index (χ0v) is 9.99. The van der Waals surface area contributed by atoms with Crippen LogP contribution < -0.4 is 5.32 Å². The fraction of sp³-hybridized carbons (Fsp3) is 0.400. The molecule has 0 spiro atoms. The summed E-state index contributed by atoms with van der Waals surface area (Å²) >= 11 is 3.20. The summed E-state index contributed by atoms with van der Waals surface area (Å²) in [6.07, 6.45) is 2.30. The van der Waals surface area contributed by atoms with Crippen LogP contribution in [0.15, 0.2) is 22.9 Å². The zero-order chi connectivity index (χ0) is 11.3. The largest absolute Gasteiger partial charge is 0.394 e. The Morgan fingerprint density at radius 2 is 2.47 bits per heavy atom. The smallest absolute Gasteiger partial charge is 0.254 e. The van der Waals surface area contributed by atoms with Crippen LogP contribution >= 0.6 is 15.9 Å². The van der Waals surface area contributed by atoms with Crippen LogP contribution in [0.3, 0.4) is 0 Å². The summed E-state index contributed by atoms with van der Waals surface area (Å²) in [4.78, 5) is 15.7. The van der Waals surface area contributed by atoms with E-state index in [1.54, 1.807) is 18.3 Å². The van der Waals surface area contributed by atoms with Crippen molar-refractivity contribution in [1.29, 1.82) is 0 Å². The van der Waals surface area contributed by atoms with E-state index >= 15 is 0 Å². The first kappa shape index (κ1) is 12.1. The molecule has 1 heterocycles. The summed E-state index contributed by atoms with van der Waals surface area (Å²) in [6.45, 7) is 1.85. The number of pyridine rings is 1. The number of amides is 1. The first-order valence-electron chi connectivity index (χ1n) is 4.71.